The van der Waals surface area contributed by atoms with Gasteiger partial charge in [-0.25, -0.2) is 14.8 Å². The number of hydrogen-bond acceptors (Lipinski definition) is 7. The zero-order chi connectivity index (χ0) is 23.2. The van der Waals surface area contributed by atoms with Crippen LogP contribution in [0.5, 0.6) is 5.75 Å². The van der Waals surface area contributed by atoms with Gasteiger partial charge in [-0.3, -0.25) is 0 Å². The average molecular weight is 452 g/mol. The normalized spacial score (nSPS) is 14.6. The Hall–Kier alpha value is -3.13. The molecule has 1 aliphatic rings. The number of ether oxygens (including phenoxy) is 2. The lowest BCUT2D eigenvalue weighted by Crippen LogP contribution is -2.38. The molecule has 33 heavy (non-hydrogen) atoms. The van der Waals surface area contributed by atoms with Gasteiger partial charge in [0.05, 0.1) is 19.3 Å². The van der Waals surface area contributed by atoms with Gasteiger partial charge in [-0.2, -0.15) is 0 Å². The molecule has 0 radical (unpaired) electrons. The number of carbonyl (C=O) groups is 1. The second kappa shape index (κ2) is 10.7. The lowest BCUT2D eigenvalue weighted by molar-refractivity contribution is 0.0525. The van der Waals surface area contributed by atoms with Crippen LogP contribution in [0.15, 0.2) is 36.8 Å². The monoisotopic (exact) mass is 451 g/mol. The van der Waals surface area contributed by atoms with Crippen molar-refractivity contribution in [3.63, 3.8) is 0 Å². The van der Waals surface area contributed by atoms with Crippen LogP contribution in [0.4, 0.5) is 5.95 Å². The molecule has 2 aromatic heterocycles. The Bertz CT molecular complexity index is 1070. The molecule has 0 bridgehead atoms. The summed E-state index contributed by atoms with van der Waals surface area (Å²) < 4.78 is 12.6. The third-order valence-electron chi connectivity index (χ3n) is 6.33. The quantitative estimate of drug-likeness (QED) is 0.395. The van der Waals surface area contributed by atoms with E-state index in [0.29, 0.717) is 24.0 Å². The van der Waals surface area contributed by atoms with Gasteiger partial charge in [-0.15, -0.1) is 0 Å². The summed E-state index contributed by atoms with van der Waals surface area (Å²) in [7, 11) is 3.80. The van der Waals surface area contributed by atoms with E-state index in [1.165, 1.54) is 16.5 Å². The summed E-state index contributed by atoms with van der Waals surface area (Å²) in [6.45, 7) is 5.95. The minimum absolute atomic E-state index is 0.346. The van der Waals surface area contributed by atoms with Crippen molar-refractivity contribution < 1.29 is 14.3 Å². The first-order valence-corrected chi connectivity index (χ1v) is 11.7. The molecule has 3 aromatic rings. The van der Waals surface area contributed by atoms with E-state index < -0.39 is 0 Å². The number of rotatable bonds is 9. The molecule has 0 amide bonds. The predicted octanol–water partition coefficient (Wildman–Crippen LogP) is 3.20. The first-order chi connectivity index (χ1) is 16.1. The highest BCUT2D eigenvalue weighted by Gasteiger charge is 2.21. The van der Waals surface area contributed by atoms with Crippen LogP contribution in [0, 0.1) is 5.92 Å². The number of fused-ring (bicyclic) bond motifs is 1. The molecule has 1 aliphatic heterocycles. The molecule has 4 rings (SSSR count). The number of esters is 1. The van der Waals surface area contributed by atoms with Crippen molar-refractivity contribution in [2.24, 2.45) is 13.0 Å². The molecule has 8 nitrogen and oxygen atoms in total. The molecule has 1 saturated heterocycles. The van der Waals surface area contributed by atoms with Gasteiger partial charge in [0.1, 0.15) is 5.75 Å². The number of benzene rings is 1. The molecule has 0 unspecified atom stereocenters. The standard InChI is InChI=1S/C25H33N5O3/c1-4-33-24(31)20-15-27-25(28-16-20)30-11-8-18(9-12-30)14-26-10-7-19-17-29(2)23-6-5-21(32-3)13-22(19)23/h5-6,13,15-18,26H,4,7-12,14H2,1-3H3. The fraction of sp³-hybridized carbons (Fsp3) is 0.480. The highest BCUT2D eigenvalue weighted by atomic mass is 16.5. The first kappa shape index (κ1) is 23.0. The fourth-order valence-electron chi connectivity index (χ4n) is 4.45. The van der Waals surface area contributed by atoms with Gasteiger partial charge in [-0.1, -0.05) is 0 Å². The molecular formula is C25H33N5O3. The van der Waals surface area contributed by atoms with Crippen molar-refractivity contribution in [1.29, 1.82) is 0 Å². The molecule has 1 fully saturated rings. The Kier molecular flexibility index (Phi) is 7.44. The van der Waals surface area contributed by atoms with E-state index in [-0.39, 0.29) is 5.97 Å². The topological polar surface area (TPSA) is 81.5 Å². The van der Waals surface area contributed by atoms with Crippen molar-refractivity contribution in [1.82, 2.24) is 19.9 Å². The second-order valence-electron chi connectivity index (χ2n) is 8.53. The lowest BCUT2D eigenvalue weighted by atomic mass is 9.97. The third-order valence-corrected chi connectivity index (χ3v) is 6.33. The van der Waals surface area contributed by atoms with Gasteiger partial charge >= 0.3 is 5.97 Å². The summed E-state index contributed by atoms with van der Waals surface area (Å²) in [5, 5.41) is 4.92. The zero-order valence-electron chi connectivity index (χ0n) is 19.7. The highest BCUT2D eigenvalue weighted by Crippen LogP contribution is 2.26. The van der Waals surface area contributed by atoms with Crippen molar-refractivity contribution in [2.45, 2.75) is 26.2 Å². The van der Waals surface area contributed by atoms with E-state index in [4.69, 9.17) is 9.47 Å². The number of aryl methyl sites for hydroxylation is 1. The minimum Gasteiger partial charge on any atom is -0.497 e. The Labute approximate surface area is 194 Å². The third kappa shape index (κ3) is 5.45. The van der Waals surface area contributed by atoms with Crippen LogP contribution < -0.4 is 15.0 Å². The number of piperidine rings is 1. The number of anilines is 1. The summed E-state index contributed by atoms with van der Waals surface area (Å²) in [5.41, 5.74) is 2.97. The van der Waals surface area contributed by atoms with Crippen LogP contribution in [0.3, 0.4) is 0 Å². The highest BCUT2D eigenvalue weighted by molar-refractivity contribution is 5.88. The van der Waals surface area contributed by atoms with E-state index in [1.807, 2.05) is 6.07 Å². The number of nitrogens with one attached hydrogen (secondary N) is 1. The Morgan fingerprint density at radius 1 is 1.21 bits per heavy atom. The second-order valence-corrected chi connectivity index (χ2v) is 8.53. The van der Waals surface area contributed by atoms with E-state index in [1.54, 1.807) is 26.4 Å². The van der Waals surface area contributed by atoms with Gasteiger partial charge in [0.15, 0.2) is 0 Å². The summed E-state index contributed by atoms with van der Waals surface area (Å²) in [6, 6.07) is 6.26. The largest absolute Gasteiger partial charge is 0.497 e. The summed E-state index contributed by atoms with van der Waals surface area (Å²) in [6.07, 6.45) is 8.51. The van der Waals surface area contributed by atoms with Crippen LogP contribution in [-0.4, -0.2) is 60.4 Å². The van der Waals surface area contributed by atoms with Gasteiger partial charge in [0, 0.05) is 49.6 Å². The predicted molar refractivity (Wildman–Crippen MR) is 129 cm³/mol. The van der Waals surface area contributed by atoms with Crippen LogP contribution in [-0.2, 0) is 18.2 Å². The Morgan fingerprint density at radius 3 is 2.67 bits per heavy atom. The summed E-state index contributed by atoms with van der Waals surface area (Å²) >= 11 is 0. The van der Waals surface area contributed by atoms with Gasteiger partial charge in [0.25, 0.3) is 0 Å². The van der Waals surface area contributed by atoms with Crippen molar-refractivity contribution >= 4 is 22.8 Å². The number of aromatic nitrogens is 3. The van der Waals surface area contributed by atoms with Gasteiger partial charge < -0.3 is 24.3 Å². The van der Waals surface area contributed by atoms with Gasteiger partial charge in [0.2, 0.25) is 5.95 Å². The van der Waals surface area contributed by atoms with E-state index >= 15 is 0 Å². The van der Waals surface area contributed by atoms with E-state index in [0.717, 1.165) is 51.2 Å². The average Bonchev–Trinajstić information content (AvgIpc) is 3.17. The molecule has 0 aliphatic carbocycles. The van der Waals surface area contributed by atoms with Gasteiger partial charge in [-0.05, 0) is 69.0 Å². The first-order valence-electron chi connectivity index (χ1n) is 11.7. The Morgan fingerprint density at radius 2 is 1.97 bits per heavy atom. The van der Waals surface area contributed by atoms with Crippen LogP contribution in [0.25, 0.3) is 10.9 Å². The minimum atomic E-state index is -0.378. The number of methoxy groups -OCH3 is 1. The molecule has 1 aromatic carbocycles. The van der Waals surface area contributed by atoms with Crippen molar-refractivity contribution in [3.8, 4) is 5.75 Å². The molecular weight excluding hydrogens is 418 g/mol. The van der Waals surface area contributed by atoms with E-state index in [9.17, 15) is 4.79 Å². The Balaban J connectivity index is 1.22. The smallest absolute Gasteiger partial charge is 0.341 e. The fourth-order valence-corrected chi connectivity index (χ4v) is 4.45. The SMILES string of the molecule is CCOC(=O)c1cnc(N2CCC(CNCCc3cn(C)c4ccc(OC)cc34)CC2)nc1. The number of carbonyl (C=O) groups excluding carboxylic acids is 1. The maximum Gasteiger partial charge on any atom is 0.341 e. The maximum absolute atomic E-state index is 11.8. The number of hydrogen-bond donors (Lipinski definition) is 1. The molecule has 0 spiro atoms. The maximum atomic E-state index is 11.8. The lowest BCUT2D eigenvalue weighted by Gasteiger charge is -2.32. The summed E-state index contributed by atoms with van der Waals surface area (Å²) in [4.78, 5) is 22.7. The molecule has 0 atom stereocenters. The van der Waals surface area contributed by atoms with Crippen LogP contribution in [0.1, 0.15) is 35.7 Å². The molecule has 8 heteroatoms. The van der Waals surface area contributed by atoms with Crippen LogP contribution in [0.2, 0.25) is 0 Å². The molecule has 3 heterocycles. The number of nitrogens with zero attached hydrogens (tertiary/aromatic N) is 4. The summed E-state index contributed by atoms with van der Waals surface area (Å²) in [5.74, 6) is 1.85. The van der Waals surface area contributed by atoms with E-state index in [2.05, 4.69) is 50.1 Å². The zero-order valence-corrected chi connectivity index (χ0v) is 19.7. The molecule has 1 N–H and O–H groups in total. The van der Waals surface area contributed by atoms with Crippen LogP contribution >= 0.6 is 0 Å². The molecule has 176 valence electrons. The van der Waals surface area contributed by atoms with Crippen molar-refractivity contribution in [2.75, 3.05) is 44.8 Å². The van der Waals surface area contributed by atoms with Crippen molar-refractivity contribution in [3.05, 3.63) is 47.9 Å². The molecule has 0 saturated carbocycles.